The molecule has 21 heavy (non-hydrogen) atoms. The van der Waals surface area contributed by atoms with Gasteiger partial charge in [-0.05, 0) is 37.3 Å². The van der Waals surface area contributed by atoms with Crippen molar-refractivity contribution in [3.8, 4) is 5.75 Å². The van der Waals surface area contributed by atoms with Crippen LogP contribution >= 0.6 is 0 Å². The van der Waals surface area contributed by atoms with E-state index >= 15 is 0 Å². The Morgan fingerprint density at radius 3 is 2.76 bits per heavy atom. The molecule has 1 aromatic carbocycles. The van der Waals surface area contributed by atoms with Crippen molar-refractivity contribution in [2.75, 3.05) is 20.2 Å². The number of nitrogens with zero attached hydrogens (tertiary/aromatic N) is 1. The van der Waals surface area contributed by atoms with Gasteiger partial charge in [-0.25, -0.2) is 0 Å². The van der Waals surface area contributed by atoms with Gasteiger partial charge in [0.2, 0.25) is 0 Å². The van der Waals surface area contributed by atoms with Gasteiger partial charge in [-0.1, -0.05) is 12.1 Å². The maximum absolute atomic E-state index is 12.6. The van der Waals surface area contributed by atoms with E-state index in [9.17, 15) is 9.59 Å². The van der Waals surface area contributed by atoms with Gasteiger partial charge in [0, 0.05) is 19.5 Å². The van der Waals surface area contributed by atoms with Gasteiger partial charge in [-0.15, -0.1) is 0 Å². The Morgan fingerprint density at radius 2 is 2.05 bits per heavy atom. The zero-order chi connectivity index (χ0) is 15.2. The molecular formula is C16H21NO4. The van der Waals surface area contributed by atoms with E-state index in [-0.39, 0.29) is 18.2 Å². The summed E-state index contributed by atoms with van der Waals surface area (Å²) in [5.41, 5.74) is 0.566. The van der Waals surface area contributed by atoms with Gasteiger partial charge >= 0.3 is 5.97 Å². The minimum absolute atomic E-state index is 0.0385. The summed E-state index contributed by atoms with van der Waals surface area (Å²) < 4.78 is 5.24. The molecule has 1 fully saturated rings. The number of amides is 1. The van der Waals surface area contributed by atoms with Crippen molar-refractivity contribution in [3.05, 3.63) is 29.8 Å². The molecule has 0 spiro atoms. The highest BCUT2D eigenvalue weighted by Gasteiger charge is 2.24. The van der Waals surface area contributed by atoms with Gasteiger partial charge < -0.3 is 14.7 Å². The maximum atomic E-state index is 12.6. The number of benzene rings is 1. The molecular weight excluding hydrogens is 270 g/mol. The zero-order valence-electron chi connectivity index (χ0n) is 12.2. The molecule has 1 aliphatic rings. The maximum Gasteiger partial charge on any atom is 0.303 e. The summed E-state index contributed by atoms with van der Waals surface area (Å²) in [5, 5.41) is 8.88. The number of likely N-dealkylation sites (tertiary alicyclic amines) is 1. The van der Waals surface area contributed by atoms with Gasteiger partial charge in [-0.2, -0.15) is 0 Å². The van der Waals surface area contributed by atoms with E-state index in [0.717, 1.165) is 19.3 Å². The molecule has 0 aromatic heterocycles. The molecule has 0 radical (unpaired) electrons. The molecule has 1 unspecified atom stereocenters. The number of methoxy groups -OCH3 is 1. The second-order valence-corrected chi connectivity index (χ2v) is 5.39. The Morgan fingerprint density at radius 1 is 1.29 bits per heavy atom. The number of hydrogen-bond acceptors (Lipinski definition) is 3. The second-order valence-electron chi connectivity index (χ2n) is 5.39. The van der Waals surface area contributed by atoms with Crippen molar-refractivity contribution < 1.29 is 19.4 Å². The van der Waals surface area contributed by atoms with Crippen molar-refractivity contribution in [3.63, 3.8) is 0 Å². The van der Waals surface area contributed by atoms with E-state index in [2.05, 4.69) is 0 Å². The van der Waals surface area contributed by atoms with E-state index in [4.69, 9.17) is 9.84 Å². The monoisotopic (exact) mass is 291 g/mol. The normalized spacial score (nSPS) is 18.9. The number of carboxylic acids is 1. The Balaban J connectivity index is 2.05. The quantitative estimate of drug-likeness (QED) is 0.925. The van der Waals surface area contributed by atoms with Gasteiger partial charge in [0.05, 0.1) is 12.7 Å². The molecule has 1 amide bonds. The number of para-hydroxylation sites is 1. The number of rotatable bonds is 4. The molecule has 1 atom stereocenters. The van der Waals surface area contributed by atoms with Crippen molar-refractivity contribution in [1.29, 1.82) is 0 Å². The minimum atomic E-state index is -0.760. The fraction of sp³-hybridized carbons (Fsp3) is 0.500. The minimum Gasteiger partial charge on any atom is -0.496 e. The van der Waals surface area contributed by atoms with Crippen LogP contribution in [0.25, 0.3) is 0 Å². The molecule has 1 heterocycles. The predicted octanol–water partition coefficient (Wildman–Crippen LogP) is 2.41. The lowest BCUT2D eigenvalue weighted by Gasteiger charge is -2.21. The van der Waals surface area contributed by atoms with Crippen LogP contribution in [-0.2, 0) is 4.79 Å². The third kappa shape index (κ3) is 3.97. The lowest BCUT2D eigenvalue weighted by atomic mass is 9.97. The van der Waals surface area contributed by atoms with E-state index in [1.54, 1.807) is 24.1 Å². The van der Waals surface area contributed by atoms with Crippen molar-refractivity contribution in [2.45, 2.75) is 25.7 Å². The SMILES string of the molecule is COc1ccccc1C(=O)N1CCCC(CC(=O)O)CC1. The van der Waals surface area contributed by atoms with Crippen LogP contribution in [0.4, 0.5) is 0 Å². The smallest absolute Gasteiger partial charge is 0.303 e. The Hall–Kier alpha value is -2.04. The summed E-state index contributed by atoms with van der Waals surface area (Å²) in [5.74, 6) is -0.0558. The second kappa shape index (κ2) is 7.11. The molecule has 1 N–H and O–H groups in total. The Kier molecular flexibility index (Phi) is 5.20. The molecule has 1 aromatic rings. The average Bonchev–Trinajstić information content (AvgIpc) is 2.71. The summed E-state index contributed by atoms with van der Waals surface area (Å²) in [7, 11) is 1.55. The van der Waals surface area contributed by atoms with Gasteiger partial charge in [-0.3, -0.25) is 9.59 Å². The fourth-order valence-corrected chi connectivity index (χ4v) is 2.81. The van der Waals surface area contributed by atoms with E-state index in [1.807, 2.05) is 12.1 Å². The van der Waals surface area contributed by atoms with E-state index in [0.29, 0.717) is 24.4 Å². The molecule has 5 heteroatoms. The number of carbonyl (C=O) groups excluding carboxylic acids is 1. The number of aliphatic carboxylic acids is 1. The fourth-order valence-electron chi connectivity index (χ4n) is 2.81. The molecule has 114 valence electrons. The number of carboxylic acid groups (broad SMARTS) is 1. The van der Waals surface area contributed by atoms with Gasteiger partial charge in [0.1, 0.15) is 5.75 Å². The van der Waals surface area contributed by atoms with Gasteiger partial charge in [0.15, 0.2) is 0 Å². The molecule has 2 rings (SSSR count). The zero-order valence-corrected chi connectivity index (χ0v) is 12.2. The first kappa shape index (κ1) is 15.4. The van der Waals surface area contributed by atoms with Crippen LogP contribution in [0.3, 0.4) is 0 Å². The summed E-state index contributed by atoms with van der Waals surface area (Å²) in [6.07, 6.45) is 2.64. The largest absolute Gasteiger partial charge is 0.496 e. The van der Waals surface area contributed by atoms with Crippen molar-refractivity contribution in [2.24, 2.45) is 5.92 Å². The molecule has 1 aliphatic heterocycles. The Labute approximate surface area is 124 Å². The van der Waals surface area contributed by atoms with Crippen LogP contribution in [0.2, 0.25) is 0 Å². The van der Waals surface area contributed by atoms with Crippen LogP contribution in [-0.4, -0.2) is 42.1 Å². The summed E-state index contributed by atoms with van der Waals surface area (Å²) in [6.45, 7) is 1.28. The standard InChI is InChI=1S/C16H21NO4/c1-21-14-7-3-2-6-13(14)16(20)17-9-4-5-12(8-10-17)11-15(18)19/h2-3,6-7,12H,4-5,8-11H2,1H3,(H,18,19). The summed E-state index contributed by atoms with van der Waals surface area (Å²) in [4.78, 5) is 25.2. The predicted molar refractivity (Wildman–Crippen MR) is 78.5 cm³/mol. The number of carbonyl (C=O) groups is 2. The third-order valence-corrected chi connectivity index (χ3v) is 3.94. The highest BCUT2D eigenvalue weighted by molar-refractivity contribution is 5.97. The summed E-state index contributed by atoms with van der Waals surface area (Å²) in [6, 6.07) is 7.20. The number of ether oxygens (including phenoxy) is 1. The topological polar surface area (TPSA) is 66.8 Å². The first-order valence-corrected chi connectivity index (χ1v) is 7.26. The Bertz CT molecular complexity index is 515. The first-order chi connectivity index (χ1) is 10.1. The van der Waals surface area contributed by atoms with Crippen LogP contribution in [0.15, 0.2) is 24.3 Å². The van der Waals surface area contributed by atoms with Crippen molar-refractivity contribution in [1.82, 2.24) is 4.90 Å². The van der Waals surface area contributed by atoms with Crippen LogP contribution in [0.5, 0.6) is 5.75 Å². The molecule has 0 aliphatic carbocycles. The average molecular weight is 291 g/mol. The van der Waals surface area contributed by atoms with E-state index < -0.39 is 5.97 Å². The first-order valence-electron chi connectivity index (χ1n) is 7.26. The van der Waals surface area contributed by atoms with Crippen LogP contribution < -0.4 is 4.74 Å². The van der Waals surface area contributed by atoms with Crippen LogP contribution in [0, 0.1) is 5.92 Å². The van der Waals surface area contributed by atoms with E-state index in [1.165, 1.54) is 0 Å². The summed E-state index contributed by atoms with van der Waals surface area (Å²) >= 11 is 0. The van der Waals surface area contributed by atoms with Gasteiger partial charge in [0.25, 0.3) is 5.91 Å². The molecule has 5 nitrogen and oxygen atoms in total. The third-order valence-electron chi connectivity index (χ3n) is 3.94. The molecule has 1 saturated heterocycles. The number of hydrogen-bond donors (Lipinski definition) is 1. The lowest BCUT2D eigenvalue weighted by molar-refractivity contribution is -0.138. The highest BCUT2D eigenvalue weighted by atomic mass is 16.5. The molecule has 0 saturated carbocycles. The van der Waals surface area contributed by atoms with Crippen molar-refractivity contribution >= 4 is 11.9 Å². The van der Waals surface area contributed by atoms with Crippen LogP contribution in [0.1, 0.15) is 36.0 Å². The highest BCUT2D eigenvalue weighted by Crippen LogP contribution is 2.24. The lowest BCUT2D eigenvalue weighted by Crippen LogP contribution is -2.32. The molecule has 0 bridgehead atoms.